The third kappa shape index (κ3) is 4.61. The van der Waals surface area contributed by atoms with E-state index >= 15 is 0 Å². The summed E-state index contributed by atoms with van der Waals surface area (Å²) in [7, 11) is 0. The van der Waals surface area contributed by atoms with Crippen molar-refractivity contribution in [2.75, 3.05) is 6.61 Å². The number of hydrogen-bond acceptors (Lipinski definition) is 5. The highest BCUT2D eigenvalue weighted by Crippen LogP contribution is 2.24. The number of unbranched alkanes of at least 4 members (excludes halogenated alkanes) is 2. The van der Waals surface area contributed by atoms with Crippen molar-refractivity contribution in [1.82, 2.24) is 10.1 Å². The second-order valence-electron chi connectivity index (χ2n) is 5.59. The average molecular weight is 347 g/mol. The molecule has 0 aliphatic heterocycles. The van der Waals surface area contributed by atoms with Gasteiger partial charge < -0.3 is 13.7 Å². The Labute approximate surface area is 145 Å². The summed E-state index contributed by atoms with van der Waals surface area (Å²) in [4.78, 5) is 4.09. The van der Waals surface area contributed by atoms with E-state index in [2.05, 4.69) is 10.1 Å². The van der Waals surface area contributed by atoms with Crippen molar-refractivity contribution in [2.24, 2.45) is 0 Å². The van der Waals surface area contributed by atoms with Gasteiger partial charge in [0.15, 0.2) is 0 Å². The van der Waals surface area contributed by atoms with Crippen LogP contribution >= 0.6 is 11.6 Å². The van der Waals surface area contributed by atoms with Crippen molar-refractivity contribution in [1.29, 1.82) is 0 Å². The maximum Gasteiger partial charge on any atom is 0.228 e. The van der Waals surface area contributed by atoms with Gasteiger partial charge in [-0.05, 0) is 62.1 Å². The molecule has 6 heteroatoms. The first-order valence-corrected chi connectivity index (χ1v) is 8.35. The van der Waals surface area contributed by atoms with Crippen LogP contribution in [0.3, 0.4) is 0 Å². The molecule has 5 nitrogen and oxygen atoms in total. The monoisotopic (exact) mass is 346 g/mol. The lowest BCUT2D eigenvalue weighted by Gasteiger charge is -2.06. The summed E-state index contributed by atoms with van der Waals surface area (Å²) in [5, 5.41) is 4.17. The molecular formula is C18H19ClN2O3. The number of hydrogen-bond donors (Lipinski definition) is 0. The largest absolute Gasteiger partial charge is 0.494 e. The van der Waals surface area contributed by atoms with Crippen LogP contribution in [0.15, 0.2) is 45.5 Å². The lowest BCUT2D eigenvalue weighted by atomic mass is 10.1. The van der Waals surface area contributed by atoms with Crippen molar-refractivity contribution in [3.63, 3.8) is 0 Å². The summed E-state index contributed by atoms with van der Waals surface area (Å²) in [5.74, 6) is 2.30. The first-order valence-electron chi connectivity index (χ1n) is 7.97. The number of halogens is 1. The molecule has 0 radical (unpaired) electrons. The van der Waals surface area contributed by atoms with Crippen molar-refractivity contribution >= 4 is 11.6 Å². The average Bonchev–Trinajstić information content (AvgIpc) is 3.20. The van der Waals surface area contributed by atoms with Gasteiger partial charge in [-0.25, -0.2) is 4.98 Å². The smallest absolute Gasteiger partial charge is 0.228 e. The number of aryl methyl sites for hydroxylation is 2. The van der Waals surface area contributed by atoms with Gasteiger partial charge in [-0.2, -0.15) is 0 Å². The Kier molecular flexibility index (Phi) is 5.54. The second kappa shape index (κ2) is 8.02. The van der Waals surface area contributed by atoms with Crippen molar-refractivity contribution in [2.45, 2.75) is 32.6 Å². The van der Waals surface area contributed by atoms with Gasteiger partial charge in [0.1, 0.15) is 11.5 Å². The summed E-state index contributed by atoms with van der Waals surface area (Å²) in [6.07, 6.45) is 5.58. The lowest BCUT2D eigenvalue weighted by Crippen LogP contribution is -1.97. The second-order valence-corrected chi connectivity index (χ2v) is 5.96. The Hall–Kier alpha value is -2.27. The molecule has 3 aromatic rings. The van der Waals surface area contributed by atoms with Crippen LogP contribution in [0.5, 0.6) is 5.75 Å². The standard InChI is InChI=1S/C18H19ClN2O3/c1-13-11-16(24-21-13)5-3-2-4-10-22-15-8-6-14(7-9-15)18-20-12-17(19)23-18/h6-9,11-12H,2-5,10H2,1H3. The number of nitrogens with zero attached hydrogens (tertiary/aromatic N) is 2. The Bertz CT molecular complexity index is 765. The van der Waals surface area contributed by atoms with Crippen LogP contribution in [0.4, 0.5) is 0 Å². The zero-order valence-electron chi connectivity index (χ0n) is 13.5. The molecule has 0 aliphatic rings. The van der Waals surface area contributed by atoms with Crippen LogP contribution in [0.2, 0.25) is 5.22 Å². The van der Waals surface area contributed by atoms with E-state index in [1.54, 1.807) is 0 Å². The molecule has 0 spiro atoms. The summed E-state index contributed by atoms with van der Waals surface area (Å²) >= 11 is 5.73. The maximum atomic E-state index is 5.75. The normalized spacial score (nSPS) is 10.9. The molecule has 0 atom stereocenters. The van der Waals surface area contributed by atoms with Crippen LogP contribution in [-0.4, -0.2) is 16.7 Å². The van der Waals surface area contributed by atoms with Gasteiger partial charge in [0, 0.05) is 18.1 Å². The molecule has 1 aromatic carbocycles. The minimum Gasteiger partial charge on any atom is -0.494 e. The number of oxazole rings is 1. The predicted octanol–water partition coefficient (Wildman–Crippen LogP) is 5.08. The zero-order valence-corrected chi connectivity index (χ0v) is 14.3. The number of rotatable bonds is 8. The third-order valence-corrected chi connectivity index (χ3v) is 3.77. The van der Waals surface area contributed by atoms with Crippen LogP contribution in [-0.2, 0) is 6.42 Å². The first-order chi connectivity index (χ1) is 11.7. The van der Waals surface area contributed by atoms with Gasteiger partial charge in [-0.1, -0.05) is 5.16 Å². The molecule has 0 saturated carbocycles. The zero-order chi connectivity index (χ0) is 16.8. The van der Waals surface area contributed by atoms with E-state index in [1.165, 1.54) is 6.20 Å². The highest BCUT2D eigenvalue weighted by Gasteiger charge is 2.05. The van der Waals surface area contributed by atoms with E-state index in [4.69, 9.17) is 25.3 Å². The van der Waals surface area contributed by atoms with Gasteiger partial charge in [0.25, 0.3) is 0 Å². The number of benzene rings is 1. The minimum atomic E-state index is 0.283. The Morgan fingerprint density at radius 2 is 1.96 bits per heavy atom. The molecule has 0 aliphatic carbocycles. The molecule has 0 amide bonds. The molecule has 2 heterocycles. The fraction of sp³-hybridized carbons (Fsp3) is 0.333. The lowest BCUT2D eigenvalue weighted by molar-refractivity contribution is 0.303. The van der Waals surface area contributed by atoms with Crippen molar-refractivity contribution in [3.8, 4) is 17.2 Å². The van der Waals surface area contributed by atoms with Gasteiger partial charge in [-0.15, -0.1) is 0 Å². The van der Waals surface area contributed by atoms with Gasteiger partial charge >= 0.3 is 0 Å². The van der Waals surface area contributed by atoms with E-state index in [-0.39, 0.29) is 5.22 Å². The fourth-order valence-corrected chi connectivity index (χ4v) is 2.51. The Morgan fingerprint density at radius 1 is 1.12 bits per heavy atom. The fourth-order valence-electron chi connectivity index (χ4n) is 2.38. The quantitative estimate of drug-likeness (QED) is 0.532. The molecule has 24 heavy (non-hydrogen) atoms. The van der Waals surface area contributed by atoms with Crippen LogP contribution in [0.1, 0.15) is 30.7 Å². The summed E-state index contributed by atoms with van der Waals surface area (Å²) in [6, 6.07) is 9.61. The number of ether oxygens (including phenoxy) is 1. The first kappa shape index (κ1) is 16.6. The van der Waals surface area contributed by atoms with Crippen LogP contribution in [0.25, 0.3) is 11.5 Å². The highest BCUT2D eigenvalue weighted by atomic mass is 35.5. The van der Waals surface area contributed by atoms with E-state index in [0.29, 0.717) is 12.5 Å². The molecule has 0 unspecified atom stereocenters. The highest BCUT2D eigenvalue weighted by molar-refractivity contribution is 6.28. The summed E-state index contributed by atoms with van der Waals surface area (Å²) in [6.45, 7) is 2.63. The molecule has 0 fully saturated rings. The topological polar surface area (TPSA) is 61.3 Å². The van der Waals surface area contributed by atoms with E-state index in [9.17, 15) is 0 Å². The summed E-state index contributed by atoms with van der Waals surface area (Å²) in [5.41, 5.74) is 1.81. The molecule has 2 aromatic heterocycles. The molecule has 0 saturated heterocycles. The van der Waals surface area contributed by atoms with Crippen molar-refractivity contribution in [3.05, 3.63) is 53.2 Å². The van der Waals surface area contributed by atoms with E-state index < -0.39 is 0 Å². The summed E-state index contributed by atoms with van der Waals surface area (Å²) < 4.78 is 16.2. The van der Waals surface area contributed by atoms with Gasteiger partial charge in [-0.3, -0.25) is 0 Å². The van der Waals surface area contributed by atoms with Crippen molar-refractivity contribution < 1.29 is 13.7 Å². The van der Waals surface area contributed by atoms with Crippen LogP contribution in [0, 0.1) is 6.92 Å². The predicted molar refractivity (Wildman–Crippen MR) is 91.2 cm³/mol. The Morgan fingerprint density at radius 3 is 2.62 bits per heavy atom. The molecule has 0 N–H and O–H groups in total. The molecule has 0 bridgehead atoms. The molecule has 3 rings (SSSR count). The van der Waals surface area contributed by atoms with Gasteiger partial charge in [0.2, 0.25) is 11.1 Å². The third-order valence-electron chi connectivity index (χ3n) is 3.59. The Balaban J connectivity index is 1.36. The SMILES string of the molecule is Cc1cc(CCCCCOc2ccc(-c3ncc(Cl)o3)cc2)on1. The van der Waals surface area contributed by atoms with Crippen LogP contribution < -0.4 is 4.74 Å². The molecular weight excluding hydrogens is 328 g/mol. The number of aromatic nitrogens is 2. The minimum absolute atomic E-state index is 0.283. The van der Waals surface area contributed by atoms with Gasteiger partial charge in [0.05, 0.1) is 18.5 Å². The maximum absolute atomic E-state index is 5.75. The van der Waals surface area contributed by atoms with E-state index in [1.807, 2.05) is 37.3 Å². The molecule has 126 valence electrons. The van der Waals surface area contributed by atoms with E-state index in [0.717, 1.165) is 48.5 Å².